The Morgan fingerprint density at radius 2 is 2.29 bits per heavy atom. The van der Waals surface area contributed by atoms with Crippen molar-refractivity contribution in [3.05, 3.63) is 29.6 Å². The van der Waals surface area contributed by atoms with Crippen LogP contribution < -0.4 is 5.73 Å². The number of nitrogens with two attached hydrogens (primary N) is 1. The average molecular weight is 307 g/mol. The van der Waals surface area contributed by atoms with E-state index in [9.17, 15) is 4.39 Å². The lowest BCUT2D eigenvalue weighted by molar-refractivity contribution is 0.565. The molecule has 1 aromatic carbocycles. The first-order valence-corrected chi connectivity index (χ1v) is 7.98. The van der Waals surface area contributed by atoms with Crippen molar-refractivity contribution >= 4 is 11.8 Å². The maximum atomic E-state index is 13.5. The lowest BCUT2D eigenvalue weighted by Gasteiger charge is -2.13. The molecule has 112 valence electrons. The Morgan fingerprint density at radius 3 is 3.00 bits per heavy atom. The number of rotatable bonds is 6. The van der Waals surface area contributed by atoms with E-state index in [1.165, 1.54) is 17.8 Å². The van der Waals surface area contributed by atoms with E-state index in [-0.39, 0.29) is 11.9 Å². The van der Waals surface area contributed by atoms with Crippen molar-refractivity contribution in [3.8, 4) is 0 Å². The molecule has 2 aromatic rings. The van der Waals surface area contributed by atoms with Crippen LogP contribution in [-0.4, -0.2) is 26.2 Å². The molecule has 0 amide bonds. The molecular formula is C14H18FN5S. The summed E-state index contributed by atoms with van der Waals surface area (Å²) in [7, 11) is 0. The molecule has 2 N–H and O–H groups in total. The van der Waals surface area contributed by atoms with Crippen LogP contribution in [0.4, 0.5) is 4.39 Å². The molecule has 0 radical (unpaired) electrons. The molecule has 1 saturated carbocycles. The Labute approximate surface area is 127 Å². The minimum Gasteiger partial charge on any atom is -0.327 e. The molecule has 1 fully saturated rings. The van der Waals surface area contributed by atoms with Gasteiger partial charge in [0.1, 0.15) is 5.82 Å². The lowest BCUT2D eigenvalue weighted by Crippen LogP contribution is -2.21. The highest BCUT2D eigenvalue weighted by atomic mass is 32.2. The normalized spacial score (nSPS) is 16.1. The van der Waals surface area contributed by atoms with Gasteiger partial charge < -0.3 is 5.73 Å². The molecule has 3 rings (SSSR count). The number of nitrogens with zero attached hydrogens (tertiary/aromatic N) is 4. The second kappa shape index (κ2) is 6.11. The zero-order chi connectivity index (χ0) is 14.8. The van der Waals surface area contributed by atoms with Crippen molar-refractivity contribution in [3.63, 3.8) is 0 Å². The van der Waals surface area contributed by atoms with E-state index < -0.39 is 0 Å². The summed E-state index contributed by atoms with van der Waals surface area (Å²) in [5.74, 6) is -0.237. The molecule has 1 aromatic heterocycles. The van der Waals surface area contributed by atoms with E-state index in [1.54, 1.807) is 12.1 Å². The zero-order valence-corrected chi connectivity index (χ0v) is 12.7. The van der Waals surface area contributed by atoms with Crippen molar-refractivity contribution in [1.82, 2.24) is 20.2 Å². The highest BCUT2D eigenvalue weighted by Crippen LogP contribution is 2.38. The SMILES string of the molecule is CCC(N)Cc1cc(F)ccc1Sc1nnnn1C1CC1. The van der Waals surface area contributed by atoms with Crippen molar-refractivity contribution in [2.75, 3.05) is 0 Å². The molecule has 1 aliphatic rings. The molecule has 21 heavy (non-hydrogen) atoms. The second-order valence-electron chi connectivity index (χ2n) is 5.36. The third-order valence-electron chi connectivity index (χ3n) is 3.59. The molecule has 5 nitrogen and oxygen atoms in total. The predicted octanol–water partition coefficient (Wildman–Crippen LogP) is 2.58. The summed E-state index contributed by atoms with van der Waals surface area (Å²) in [6, 6.07) is 5.26. The van der Waals surface area contributed by atoms with Crippen LogP contribution in [0.5, 0.6) is 0 Å². The summed E-state index contributed by atoms with van der Waals surface area (Å²) in [6.45, 7) is 2.03. The van der Waals surface area contributed by atoms with E-state index in [0.717, 1.165) is 34.9 Å². The van der Waals surface area contributed by atoms with E-state index in [2.05, 4.69) is 15.5 Å². The minimum atomic E-state index is -0.237. The fraction of sp³-hybridized carbons (Fsp3) is 0.500. The van der Waals surface area contributed by atoms with E-state index in [4.69, 9.17) is 5.73 Å². The third kappa shape index (κ3) is 3.41. The number of aromatic nitrogens is 4. The van der Waals surface area contributed by atoms with Crippen LogP contribution in [0.3, 0.4) is 0 Å². The summed E-state index contributed by atoms with van der Waals surface area (Å²) >= 11 is 1.48. The molecule has 1 aliphatic carbocycles. The van der Waals surface area contributed by atoms with Crippen molar-refractivity contribution in [1.29, 1.82) is 0 Å². The summed E-state index contributed by atoms with van der Waals surface area (Å²) in [5.41, 5.74) is 6.92. The van der Waals surface area contributed by atoms with Crippen molar-refractivity contribution < 1.29 is 4.39 Å². The van der Waals surface area contributed by atoms with Gasteiger partial charge in [-0.05, 0) is 71.6 Å². The first kappa shape index (κ1) is 14.5. The summed E-state index contributed by atoms with van der Waals surface area (Å²) in [4.78, 5) is 0.969. The zero-order valence-electron chi connectivity index (χ0n) is 11.9. The average Bonchev–Trinajstić information content (AvgIpc) is 3.21. The molecular weight excluding hydrogens is 289 g/mol. The molecule has 0 bridgehead atoms. The van der Waals surface area contributed by atoms with Crippen LogP contribution in [-0.2, 0) is 6.42 Å². The van der Waals surface area contributed by atoms with Gasteiger partial charge in [0.2, 0.25) is 5.16 Å². The Kier molecular flexibility index (Phi) is 4.21. The maximum Gasteiger partial charge on any atom is 0.214 e. The highest BCUT2D eigenvalue weighted by molar-refractivity contribution is 7.99. The summed E-state index contributed by atoms with van der Waals surface area (Å²) in [5, 5.41) is 12.6. The van der Waals surface area contributed by atoms with Gasteiger partial charge in [0.25, 0.3) is 0 Å². The molecule has 7 heteroatoms. The number of benzene rings is 1. The Bertz CT molecular complexity index is 626. The smallest absolute Gasteiger partial charge is 0.214 e. The molecule has 0 saturated heterocycles. The number of halogens is 1. The van der Waals surface area contributed by atoms with Gasteiger partial charge >= 0.3 is 0 Å². The Morgan fingerprint density at radius 1 is 1.48 bits per heavy atom. The topological polar surface area (TPSA) is 69.6 Å². The third-order valence-corrected chi connectivity index (χ3v) is 4.66. The maximum absolute atomic E-state index is 13.5. The van der Waals surface area contributed by atoms with Crippen LogP contribution >= 0.6 is 11.8 Å². The van der Waals surface area contributed by atoms with Gasteiger partial charge in [0, 0.05) is 10.9 Å². The molecule has 1 heterocycles. The fourth-order valence-corrected chi connectivity index (χ4v) is 3.10. The first-order chi connectivity index (χ1) is 10.2. The van der Waals surface area contributed by atoms with Crippen LogP contribution in [0.1, 0.15) is 37.8 Å². The monoisotopic (exact) mass is 307 g/mol. The van der Waals surface area contributed by atoms with Gasteiger partial charge in [-0.15, -0.1) is 5.10 Å². The second-order valence-corrected chi connectivity index (χ2v) is 6.37. The van der Waals surface area contributed by atoms with Gasteiger partial charge in [-0.25, -0.2) is 9.07 Å². The molecule has 0 spiro atoms. The van der Waals surface area contributed by atoms with Gasteiger partial charge in [-0.3, -0.25) is 0 Å². The van der Waals surface area contributed by atoms with E-state index in [0.29, 0.717) is 12.5 Å². The van der Waals surface area contributed by atoms with Crippen LogP contribution in [0.25, 0.3) is 0 Å². The van der Waals surface area contributed by atoms with E-state index >= 15 is 0 Å². The number of hydrogen-bond donors (Lipinski definition) is 1. The minimum absolute atomic E-state index is 0.0329. The largest absolute Gasteiger partial charge is 0.327 e. The van der Waals surface area contributed by atoms with Crippen LogP contribution in [0.2, 0.25) is 0 Å². The van der Waals surface area contributed by atoms with Crippen LogP contribution in [0.15, 0.2) is 28.3 Å². The van der Waals surface area contributed by atoms with Gasteiger partial charge in [-0.1, -0.05) is 6.92 Å². The van der Waals surface area contributed by atoms with Crippen LogP contribution in [0, 0.1) is 5.82 Å². The standard InChI is InChI=1S/C14H18FN5S/c1-2-11(16)8-9-7-10(15)3-6-13(9)21-14-17-18-19-20(14)12-4-5-12/h3,6-7,11-12H,2,4-5,8,16H2,1H3. The quantitative estimate of drug-likeness (QED) is 0.888. The van der Waals surface area contributed by atoms with Gasteiger partial charge in [0.15, 0.2) is 0 Å². The first-order valence-electron chi connectivity index (χ1n) is 7.17. The molecule has 1 unspecified atom stereocenters. The Balaban J connectivity index is 1.85. The highest BCUT2D eigenvalue weighted by Gasteiger charge is 2.28. The van der Waals surface area contributed by atoms with Gasteiger partial charge in [-0.2, -0.15) is 0 Å². The lowest BCUT2D eigenvalue weighted by atomic mass is 10.0. The molecule has 1 atom stereocenters. The van der Waals surface area contributed by atoms with Gasteiger partial charge in [0.05, 0.1) is 6.04 Å². The van der Waals surface area contributed by atoms with E-state index in [1.807, 2.05) is 11.6 Å². The Hall–Kier alpha value is -1.47. The number of hydrogen-bond acceptors (Lipinski definition) is 5. The fourth-order valence-electron chi connectivity index (χ4n) is 2.13. The number of tetrazole rings is 1. The summed E-state index contributed by atoms with van der Waals surface area (Å²) in [6.07, 6.45) is 3.76. The summed E-state index contributed by atoms with van der Waals surface area (Å²) < 4.78 is 15.4. The van der Waals surface area contributed by atoms with Crippen molar-refractivity contribution in [2.24, 2.45) is 5.73 Å². The predicted molar refractivity (Wildman–Crippen MR) is 78.6 cm³/mol. The van der Waals surface area contributed by atoms with Crippen molar-refractivity contribution in [2.45, 2.75) is 54.7 Å². The molecule has 0 aliphatic heterocycles.